The smallest absolute Gasteiger partial charge is 0.180 e. The molecule has 0 aliphatic heterocycles. The first-order chi connectivity index (χ1) is 5.84. The molecule has 0 amide bonds. The molecule has 0 atom stereocenters. The molecule has 0 radical (unpaired) electrons. The number of hydrogen-bond acceptors (Lipinski definition) is 3. The van der Waals surface area contributed by atoms with Crippen LogP contribution in [-0.4, -0.2) is 12.4 Å². The Morgan fingerprint density at radius 2 is 2.67 bits per heavy atom. The molecule has 3 nitrogen and oxygen atoms in total. The number of nitrogens with two attached hydrogens (primary N) is 1. The number of thiophene rings is 1. The summed E-state index contributed by atoms with van der Waals surface area (Å²) in [6.45, 7) is 0.145. The van der Waals surface area contributed by atoms with Crippen molar-refractivity contribution >= 4 is 17.2 Å². The summed E-state index contributed by atoms with van der Waals surface area (Å²) in [7, 11) is 0. The lowest BCUT2D eigenvalue weighted by molar-refractivity contribution is 0.179. The molecule has 2 N–H and O–H groups in total. The largest absolute Gasteiger partial charge is 0.381 e. The van der Waals surface area contributed by atoms with Crippen LogP contribution in [0, 0.1) is 12.3 Å². The van der Waals surface area contributed by atoms with Crippen molar-refractivity contribution < 1.29 is 4.84 Å². The molecule has 1 heterocycles. The fourth-order valence-corrected chi connectivity index (χ4v) is 1.23. The Morgan fingerprint density at radius 3 is 3.25 bits per heavy atom. The molecule has 4 heteroatoms. The highest BCUT2D eigenvalue weighted by Crippen LogP contribution is 2.07. The Labute approximate surface area is 74.8 Å². The molecular weight excluding hydrogens is 172 g/mol. The molecule has 1 rings (SSSR count). The number of terminal acetylenes is 1. The molecule has 0 saturated heterocycles. The number of hydrogen-bond donors (Lipinski definition) is 1. The monoisotopic (exact) mass is 180 g/mol. The average Bonchev–Trinajstić information content (AvgIpc) is 2.56. The van der Waals surface area contributed by atoms with E-state index in [-0.39, 0.29) is 6.61 Å². The first-order valence-corrected chi connectivity index (χ1v) is 4.15. The van der Waals surface area contributed by atoms with E-state index in [1.807, 2.05) is 17.5 Å². The van der Waals surface area contributed by atoms with Gasteiger partial charge in [-0.2, -0.15) is 0 Å². The summed E-state index contributed by atoms with van der Waals surface area (Å²) in [4.78, 5) is 5.58. The summed E-state index contributed by atoms with van der Waals surface area (Å²) in [5.41, 5.74) is 5.55. The predicted octanol–water partition coefficient (Wildman–Crippen LogP) is 1.02. The Kier molecular flexibility index (Phi) is 3.17. The SMILES string of the molecule is C#CCO/N=C(/N)c1cccs1. The number of amidine groups is 1. The van der Waals surface area contributed by atoms with Crippen molar-refractivity contribution in [2.45, 2.75) is 0 Å². The molecule has 1 aromatic rings. The summed E-state index contributed by atoms with van der Waals surface area (Å²) >= 11 is 1.50. The van der Waals surface area contributed by atoms with Crippen LogP contribution in [0.15, 0.2) is 22.7 Å². The molecule has 0 bridgehead atoms. The van der Waals surface area contributed by atoms with Crippen LogP contribution in [0.2, 0.25) is 0 Å². The van der Waals surface area contributed by atoms with Crippen molar-refractivity contribution in [3.05, 3.63) is 22.4 Å². The normalized spacial score (nSPS) is 10.8. The van der Waals surface area contributed by atoms with Gasteiger partial charge in [-0.05, 0) is 11.4 Å². The van der Waals surface area contributed by atoms with Gasteiger partial charge < -0.3 is 10.6 Å². The molecule has 0 aliphatic rings. The third kappa shape index (κ3) is 2.29. The van der Waals surface area contributed by atoms with Crippen molar-refractivity contribution in [1.29, 1.82) is 0 Å². The molecule has 0 aromatic carbocycles. The van der Waals surface area contributed by atoms with E-state index >= 15 is 0 Å². The molecule has 62 valence electrons. The van der Waals surface area contributed by atoms with Gasteiger partial charge in [-0.15, -0.1) is 17.8 Å². The zero-order valence-electron chi connectivity index (χ0n) is 6.36. The van der Waals surface area contributed by atoms with Crippen LogP contribution in [0.25, 0.3) is 0 Å². The second-order valence-corrected chi connectivity index (χ2v) is 2.88. The maximum atomic E-state index is 5.55. The Hall–Kier alpha value is -1.47. The molecule has 0 spiro atoms. The van der Waals surface area contributed by atoms with Crippen molar-refractivity contribution in [3.63, 3.8) is 0 Å². The molecule has 0 saturated carbocycles. The van der Waals surface area contributed by atoms with Gasteiger partial charge in [-0.3, -0.25) is 0 Å². The summed E-state index contributed by atoms with van der Waals surface area (Å²) in [6, 6.07) is 3.76. The van der Waals surface area contributed by atoms with E-state index in [0.29, 0.717) is 5.84 Å². The molecule has 0 fully saturated rings. The van der Waals surface area contributed by atoms with E-state index in [0.717, 1.165) is 4.88 Å². The Balaban J connectivity index is 2.54. The Morgan fingerprint density at radius 1 is 1.83 bits per heavy atom. The van der Waals surface area contributed by atoms with E-state index in [1.54, 1.807) is 0 Å². The predicted molar refractivity (Wildman–Crippen MR) is 49.8 cm³/mol. The van der Waals surface area contributed by atoms with Gasteiger partial charge in [0.15, 0.2) is 12.4 Å². The zero-order chi connectivity index (χ0) is 8.81. The van der Waals surface area contributed by atoms with Crippen LogP contribution in [0.5, 0.6) is 0 Å². The fourth-order valence-electron chi connectivity index (χ4n) is 0.608. The lowest BCUT2D eigenvalue weighted by atomic mass is 10.4. The van der Waals surface area contributed by atoms with Gasteiger partial charge in [0.25, 0.3) is 0 Å². The van der Waals surface area contributed by atoms with Crippen molar-refractivity contribution in [3.8, 4) is 12.3 Å². The lowest BCUT2D eigenvalue weighted by Gasteiger charge is -1.94. The molecule has 0 aliphatic carbocycles. The molecule has 0 unspecified atom stereocenters. The summed E-state index contributed by atoms with van der Waals surface area (Å²) in [5, 5.41) is 5.53. The van der Waals surface area contributed by atoms with E-state index in [2.05, 4.69) is 11.1 Å². The van der Waals surface area contributed by atoms with Crippen molar-refractivity contribution in [2.24, 2.45) is 10.9 Å². The van der Waals surface area contributed by atoms with Crippen LogP contribution < -0.4 is 5.73 Å². The summed E-state index contributed by atoms with van der Waals surface area (Å²) < 4.78 is 0. The van der Waals surface area contributed by atoms with Gasteiger partial charge in [-0.25, -0.2) is 0 Å². The van der Waals surface area contributed by atoms with Crippen LogP contribution >= 0.6 is 11.3 Å². The highest BCUT2D eigenvalue weighted by molar-refractivity contribution is 7.12. The standard InChI is InChI=1S/C8H8N2OS/c1-2-5-11-10-8(9)7-4-3-6-12-7/h1,3-4,6H,5H2,(H2,9,10). The lowest BCUT2D eigenvalue weighted by Crippen LogP contribution is -2.11. The molecular formula is C8H8N2OS. The second kappa shape index (κ2) is 4.42. The topological polar surface area (TPSA) is 47.6 Å². The fraction of sp³-hybridized carbons (Fsp3) is 0.125. The minimum Gasteiger partial charge on any atom is -0.381 e. The van der Waals surface area contributed by atoms with E-state index < -0.39 is 0 Å². The van der Waals surface area contributed by atoms with E-state index in [9.17, 15) is 0 Å². The van der Waals surface area contributed by atoms with Crippen molar-refractivity contribution in [1.82, 2.24) is 0 Å². The zero-order valence-corrected chi connectivity index (χ0v) is 7.17. The van der Waals surface area contributed by atoms with Gasteiger partial charge in [0.1, 0.15) is 0 Å². The summed E-state index contributed by atoms with van der Waals surface area (Å²) in [6.07, 6.45) is 4.95. The number of rotatable bonds is 3. The first kappa shape index (κ1) is 8.62. The van der Waals surface area contributed by atoms with Crippen LogP contribution in [0.3, 0.4) is 0 Å². The molecule has 12 heavy (non-hydrogen) atoms. The highest BCUT2D eigenvalue weighted by atomic mass is 32.1. The molecule has 1 aromatic heterocycles. The van der Waals surface area contributed by atoms with Crippen LogP contribution in [0.1, 0.15) is 4.88 Å². The quantitative estimate of drug-likeness (QED) is 0.248. The third-order valence-corrected chi connectivity index (χ3v) is 1.98. The minimum atomic E-state index is 0.145. The minimum absolute atomic E-state index is 0.145. The average molecular weight is 180 g/mol. The maximum Gasteiger partial charge on any atom is 0.180 e. The number of nitrogens with zero attached hydrogens (tertiary/aromatic N) is 1. The van der Waals surface area contributed by atoms with E-state index in [1.165, 1.54) is 11.3 Å². The maximum absolute atomic E-state index is 5.55. The summed E-state index contributed by atoms with van der Waals surface area (Å²) in [5.74, 6) is 2.65. The van der Waals surface area contributed by atoms with Gasteiger partial charge in [0, 0.05) is 0 Å². The first-order valence-electron chi connectivity index (χ1n) is 3.27. The van der Waals surface area contributed by atoms with Gasteiger partial charge in [-0.1, -0.05) is 17.1 Å². The Bertz CT molecular complexity index is 297. The van der Waals surface area contributed by atoms with Crippen molar-refractivity contribution in [2.75, 3.05) is 6.61 Å². The van der Waals surface area contributed by atoms with Crippen LogP contribution in [0.4, 0.5) is 0 Å². The highest BCUT2D eigenvalue weighted by Gasteiger charge is 1.97. The number of oxime groups is 1. The van der Waals surface area contributed by atoms with Gasteiger partial charge >= 0.3 is 0 Å². The van der Waals surface area contributed by atoms with Crippen LogP contribution in [-0.2, 0) is 4.84 Å². The third-order valence-electron chi connectivity index (χ3n) is 1.08. The van der Waals surface area contributed by atoms with Gasteiger partial charge in [0.2, 0.25) is 0 Å². The second-order valence-electron chi connectivity index (χ2n) is 1.93. The van der Waals surface area contributed by atoms with E-state index in [4.69, 9.17) is 17.0 Å². The van der Waals surface area contributed by atoms with Gasteiger partial charge in [0.05, 0.1) is 4.88 Å².